The van der Waals surface area contributed by atoms with Crippen LogP contribution in [0.4, 0.5) is 11.6 Å². The number of carbonyl (C=O) groups is 1. The summed E-state index contributed by atoms with van der Waals surface area (Å²) in [6.45, 7) is 3.46. The van der Waals surface area contributed by atoms with Crippen molar-refractivity contribution in [3.8, 4) is 0 Å². The molecule has 8 nitrogen and oxygen atoms in total. The molecule has 18 heavy (non-hydrogen) atoms. The maximum atomic E-state index is 10.9. The summed E-state index contributed by atoms with van der Waals surface area (Å²) >= 11 is 0. The smallest absolute Gasteiger partial charge is 0.406 e. The number of hydrogen-bond acceptors (Lipinski definition) is 5. The second-order valence-electron chi connectivity index (χ2n) is 3.99. The molecule has 1 atom stereocenters. The van der Waals surface area contributed by atoms with Gasteiger partial charge in [-0.25, -0.2) is 0 Å². The Morgan fingerprint density at radius 3 is 2.72 bits per heavy atom. The molecule has 0 amide bonds. The van der Waals surface area contributed by atoms with Gasteiger partial charge in [0.25, 0.3) is 0 Å². The molecule has 0 saturated heterocycles. The SMILES string of the molecule is CCC(CC(=O)O)Nc1c([N+](=O)[O-])nc(C)n1C. The van der Waals surface area contributed by atoms with Gasteiger partial charge in [0.15, 0.2) is 0 Å². The summed E-state index contributed by atoms with van der Waals surface area (Å²) in [6, 6.07) is -0.365. The van der Waals surface area contributed by atoms with Crippen LogP contribution in [0.15, 0.2) is 0 Å². The molecule has 2 N–H and O–H groups in total. The first kappa shape index (κ1) is 13.9. The number of aromatic nitrogens is 2. The van der Waals surface area contributed by atoms with Crippen molar-refractivity contribution in [3.63, 3.8) is 0 Å². The van der Waals surface area contributed by atoms with Crippen LogP contribution in [0.1, 0.15) is 25.6 Å². The zero-order valence-corrected chi connectivity index (χ0v) is 10.5. The predicted molar refractivity (Wildman–Crippen MR) is 64.6 cm³/mol. The van der Waals surface area contributed by atoms with Gasteiger partial charge in [-0.3, -0.25) is 9.36 Å². The zero-order valence-electron chi connectivity index (χ0n) is 10.5. The van der Waals surface area contributed by atoms with E-state index in [1.807, 2.05) is 6.92 Å². The Balaban J connectivity index is 3.01. The minimum atomic E-state index is -0.948. The minimum absolute atomic E-state index is 0.0993. The number of aryl methyl sites for hydroxylation is 1. The maximum absolute atomic E-state index is 10.9. The molecular weight excluding hydrogens is 240 g/mol. The highest BCUT2D eigenvalue weighted by molar-refractivity contribution is 5.68. The number of aliphatic carboxylic acids is 1. The maximum Gasteiger partial charge on any atom is 0.406 e. The molecule has 0 fully saturated rings. The Bertz CT molecular complexity index is 469. The lowest BCUT2D eigenvalue weighted by molar-refractivity contribution is -0.388. The molecule has 0 aliphatic rings. The van der Waals surface area contributed by atoms with E-state index in [0.29, 0.717) is 12.2 Å². The lowest BCUT2D eigenvalue weighted by atomic mass is 10.1. The van der Waals surface area contributed by atoms with Crippen molar-refractivity contribution in [1.29, 1.82) is 0 Å². The van der Waals surface area contributed by atoms with Gasteiger partial charge in [0, 0.05) is 20.0 Å². The topological polar surface area (TPSA) is 110 Å². The van der Waals surface area contributed by atoms with Crippen molar-refractivity contribution >= 4 is 17.6 Å². The van der Waals surface area contributed by atoms with E-state index in [2.05, 4.69) is 10.3 Å². The Hall–Kier alpha value is -2.12. The van der Waals surface area contributed by atoms with Gasteiger partial charge in [-0.05, 0) is 16.3 Å². The van der Waals surface area contributed by atoms with Gasteiger partial charge in [-0.1, -0.05) is 6.92 Å². The van der Waals surface area contributed by atoms with Crippen LogP contribution in [0, 0.1) is 17.0 Å². The third-order valence-electron chi connectivity index (χ3n) is 2.73. The Kier molecular flexibility index (Phi) is 4.24. The van der Waals surface area contributed by atoms with Crippen molar-refractivity contribution in [2.75, 3.05) is 5.32 Å². The van der Waals surface area contributed by atoms with Gasteiger partial charge in [-0.2, -0.15) is 0 Å². The molecule has 0 aliphatic carbocycles. The minimum Gasteiger partial charge on any atom is -0.481 e. The highest BCUT2D eigenvalue weighted by atomic mass is 16.6. The van der Waals surface area contributed by atoms with Gasteiger partial charge in [-0.15, -0.1) is 0 Å². The van der Waals surface area contributed by atoms with Crippen LogP contribution in [0.2, 0.25) is 0 Å². The molecule has 1 rings (SSSR count). The standard InChI is InChI=1S/C10H16N4O4/c1-4-7(5-8(15)16)12-9-10(14(17)18)11-6(2)13(9)3/h7,12H,4-5H2,1-3H3,(H,15,16). The van der Waals surface area contributed by atoms with E-state index >= 15 is 0 Å². The molecule has 1 aromatic heterocycles. The quantitative estimate of drug-likeness (QED) is 0.586. The van der Waals surface area contributed by atoms with Gasteiger partial charge in [0.2, 0.25) is 11.6 Å². The van der Waals surface area contributed by atoms with Crippen molar-refractivity contribution in [3.05, 3.63) is 15.9 Å². The first-order valence-electron chi connectivity index (χ1n) is 5.52. The van der Waals surface area contributed by atoms with Crippen LogP contribution in [0.25, 0.3) is 0 Å². The number of anilines is 1. The van der Waals surface area contributed by atoms with Crippen LogP contribution in [-0.2, 0) is 11.8 Å². The van der Waals surface area contributed by atoms with Gasteiger partial charge in [0.1, 0.15) is 0 Å². The van der Waals surface area contributed by atoms with E-state index < -0.39 is 10.9 Å². The lowest BCUT2D eigenvalue weighted by Gasteiger charge is -2.15. The summed E-state index contributed by atoms with van der Waals surface area (Å²) in [5, 5.41) is 22.5. The number of rotatable bonds is 6. The number of nitro groups is 1. The van der Waals surface area contributed by atoms with Crippen LogP contribution in [0.5, 0.6) is 0 Å². The lowest BCUT2D eigenvalue weighted by Crippen LogP contribution is -2.24. The summed E-state index contributed by atoms with van der Waals surface area (Å²) in [5.41, 5.74) is 0. The second-order valence-corrected chi connectivity index (χ2v) is 3.99. The van der Waals surface area contributed by atoms with Crippen LogP contribution in [-0.4, -0.2) is 31.6 Å². The van der Waals surface area contributed by atoms with Crippen molar-refractivity contribution in [2.45, 2.75) is 32.7 Å². The average molecular weight is 256 g/mol. The van der Waals surface area contributed by atoms with E-state index in [1.54, 1.807) is 18.5 Å². The summed E-state index contributed by atoms with van der Waals surface area (Å²) in [5.74, 6) is -0.491. The highest BCUT2D eigenvalue weighted by Crippen LogP contribution is 2.25. The van der Waals surface area contributed by atoms with Crippen LogP contribution >= 0.6 is 0 Å². The molecule has 0 aromatic carbocycles. The number of imidazole rings is 1. The van der Waals surface area contributed by atoms with Gasteiger partial charge >= 0.3 is 11.8 Å². The van der Waals surface area contributed by atoms with E-state index in [4.69, 9.17) is 5.11 Å². The molecular formula is C10H16N4O4. The normalized spacial score (nSPS) is 12.2. The fraction of sp³-hybridized carbons (Fsp3) is 0.600. The first-order chi connectivity index (χ1) is 8.36. The molecule has 0 radical (unpaired) electrons. The van der Waals surface area contributed by atoms with Crippen molar-refractivity contribution in [1.82, 2.24) is 9.55 Å². The summed E-state index contributed by atoms with van der Waals surface area (Å²) < 4.78 is 1.54. The van der Waals surface area contributed by atoms with Crippen molar-refractivity contribution in [2.24, 2.45) is 7.05 Å². The number of nitrogens with zero attached hydrogens (tertiary/aromatic N) is 3. The Morgan fingerprint density at radius 2 is 2.28 bits per heavy atom. The van der Waals surface area contributed by atoms with Crippen LogP contribution < -0.4 is 5.32 Å². The number of nitrogens with one attached hydrogen (secondary N) is 1. The fourth-order valence-electron chi connectivity index (χ4n) is 1.58. The fourth-order valence-corrected chi connectivity index (χ4v) is 1.58. The van der Waals surface area contributed by atoms with E-state index in [-0.39, 0.29) is 24.1 Å². The second kappa shape index (κ2) is 5.48. The Morgan fingerprint density at radius 1 is 1.67 bits per heavy atom. The monoisotopic (exact) mass is 256 g/mol. The number of hydrogen-bond donors (Lipinski definition) is 2. The molecule has 0 bridgehead atoms. The summed E-state index contributed by atoms with van der Waals surface area (Å²) in [7, 11) is 1.64. The molecule has 1 aromatic rings. The molecule has 1 heterocycles. The molecule has 0 saturated carbocycles. The van der Waals surface area contributed by atoms with E-state index in [1.165, 1.54) is 0 Å². The van der Waals surface area contributed by atoms with Gasteiger partial charge < -0.3 is 20.5 Å². The highest BCUT2D eigenvalue weighted by Gasteiger charge is 2.25. The third-order valence-corrected chi connectivity index (χ3v) is 2.73. The van der Waals surface area contributed by atoms with Crippen LogP contribution in [0.3, 0.4) is 0 Å². The molecule has 100 valence electrons. The number of carboxylic acids is 1. The van der Waals surface area contributed by atoms with E-state index in [0.717, 1.165) is 0 Å². The molecule has 0 aliphatic heterocycles. The van der Waals surface area contributed by atoms with Crippen molar-refractivity contribution < 1.29 is 14.8 Å². The largest absolute Gasteiger partial charge is 0.481 e. The number of carboxylic acid groups (broad SMARTS) is 1. The summed E-state index contributed by atoms with van der Waals surface area (Å²) in [6.07, 6.45) is 0.450. The third kappa shape index (κ3) is 2.96. The molecule has 1 unspecified atom stereocenters. The molecule has 0 spiro atoms. The summed E-state index contributed by atoms with van der Waals surface area (Å²) in [4.78, 5) is 24.8. The predicted octanol–water partition coefficient (Wildman–Crippen LogP) is 1.30. The zero-order chi connectivity index (χ0) is 13.9. The first-order valence-corrected chi connectivity index (χ1v) is 5.52. The van der Waals surface area contributed by atoms with Gasteiger partial charge in [0.05, 0.1) is 6.42 Å². The van der Waals surface area contributed by atoms with E-state index in [9.17, 15) is 14.9 Å². The Labute approximate surface area is 104 Å². The molecule has 8 heteroatoms. The average Bonchev–Trinajstić information content (AvgIpc) is 2.55.